The zero-order valence-corrected chi connectivity index (χ0v) is 13.2. The van der Waals surface area contributed by atoms with Gasteiger partial charge in [-0.2, -0.15) is 0 Å². The van der Waals surface area contributed by atoms with Crippen LogP contribution in [0.25, 0.3) is 21.8 Å². The lowest BCUT2D eigenvalue weighted by Gasteiger charge is -2.08. The molecule has 120 valence electrons. The van der Waals surface area contributed by atoms with E-state index in [4.69, 9.17) is 4.74 Å². The summed E-state index contributed by atoms with van der Waals surface area (Å²) >= 11 is 0. The smallest absolute Gasteiger partial charge is 0.244 e. The van der Waals surface area contributed by atoms with Crippen molar-refractivity contribution in [2.24, 2.45) is 0 Å². The second-order valence-corrected chi connectivity index (χ2v) is 5.70. The lowest BCUT2D eigenvalue weighted by atomic mass is 10.2. The number of aromatic nitrogens is 2. The van der Waals surface area contributed by atoms with Crippen molar-refractivity contribution >= 4 is 33.4 Å². The van der Waals surface area contributed by atoms with Gasteiger partial charge >= 0.3 is 0 Å². The Morgan fingerprint density at radius 3 is 2.92 bits per heavy atom. The maximum Gasteiger partial charge on any atom is 0.244 e. The van der Waals surface area contributed by atoms with Crippen molar-refractivity contribution in [2.75, 3.05) is 12.4 Å². The van der Waals surface area contributed by atoms with E-state index in [-0.39, 0.29) is 12.5 Å². The van der Waals surface area contributed by atoms with Crippen LogP contribution in [0.1, 0.15) is 0 Å². The predicted molar refractivity (Wildman–Crippen MR) is 95.4 cm³/mol. The Morgan fingerprint density at radius 2 is 2.04 bits per heavy atom. The van der Waals surface area contributed by atoms with E-state index in [0.29, 0.717) is 0 Å². The Hall–Kier alpha value is -3.21. The number of nitrogens with zero attached hydrogens (tertiary/aromatic N) is 1. The quantitative estimate of drug-likeness (QED) is 0.601. The molecule has 24 heavy (non-hydrogen) atoms. The van der Waals surface area contributed by atoms with Gasteiger partial charge in [-0.3, -0.25) is 4.79 Å². The summed E-state index contributed by atoms with van der Waals surface area (Å²) in [6, 6.07) is 15.6. The maximum absolute atomic E-state index is 12.4. The number of ether oxygens (including phenoxy) is 1. The first-order valence-corrected chi connectivity index (χ1v) is 7.73. The van der Waals surface area contributed by atoms with E-state index >= 15 is 0 Å². The van der Waals surface area contributed by atoms with Crippen LogP contribution in [0.2, 0.25) is 0 Å². The molecule has 0 fully saturated rings. The third-order valence-electron chi connectivity index (χ3n) is 4.13. The van der Waals surface area contributed by atoms with Gasteiger partial charge in [0, 0.05) is 39.9 Å². The number of methoxy groups -OCH3 is 1. The van der Waals surface area contributed by atoms with Crippen molar-refractivity contribution in [3.63, 3.8) is 0 Å². The summed E-state index contributed by atoms with van der Waals surface area (Å²) in [4.78, 5) is 15.5. The van der Waals surface area contributed by atoms with Gasteiger partial charge in [-0.1, -0.05) is 0 Å². The van der Waals surface area contributed by atoms with Gasteiger partial charge in [0.05, 0.1) is 7.11 Å². The molecule has 0 saturated carbocycles. The topological polar surface area (TPSA) is 59.0 Å². The van der Waals surface area contributed by atoms with Crippen molar-refractivity contribution in [1.82, 2.24) is 9.55 Å². The van der Waals surface area contributed by atoms with Crippen molar-refractivity contribution < 1.29 is 9.53 Å². The molecule has 2 aromatic carbocycles. The molecule has 0 bridgehead atoms. The highest BCUT2D eigenvalue weighted by Crippen LogP contribution is 2.22. The van der Waals surface area contributed by atoms with Gasteiger partial charge in [-0.05, 0) is 48.5 Å². The van der Waals surface area contributed by atoms with Crippen LogP contribution in [0.3, 0.4) is 0 Å². The van der Waals surface area contributed by atoms with Gasteiger partial charge in [0.15, 0.2) is 0 Å². The fourth-order valence-electron chi connectivity index (χ4n) is 2.93. The molecule has 4 rings (SSSR count). The SMILES string of the molecule is COc1ccc2c(ccn2CC(=O)Nc2ccc3[nH]ccc3c2)c1. The molecule has 2 heterocycles. The Labute approximate surface area is 138 Å². The lowest BCUT2D eigenvalue weighted by molar-refractivity contribution is -0.116. The normalized spacial score (nSPS) is 11.0. The highest BCUT2D eigenvalue weighted by atomic mass is 16.5. The number of fused-ring (bicyclic) bond motifs is 2. The average Bonchev–Trinajstić information content (AvgIpc) is 3.21. The molecular weight excluding hydrogens is 302 g/mol. The third-order valence-corrected chi connectivity index (χ3v) is 4.13. The number of aromatic amines is 1. The molecule has 0 spiro atoms. The minimum atomic E-state index is -0.0572. The van der Waals surface area contributed by atoms with Crippen LogP contribution in [0.4, 0.5) is 5.69 Å². The molecule has 5 nitrogen and oxygen atoms in total. The average molecular weight is 319 g/mol. The van der Waals surface area contributed by atoms with E-state index in [1.54, 1.807) is 7.11 Å². The van der Waals surface area contributed by atoms with Crippen LogP contribution in [0.15, 0.2) is 60.9 Å². The van der Waals surface area contributed by atoms with Crippen molar-refractivity contribution in [3.05, 3.63) is 60.9 Å². The molecule has 0 aliphatic carbocycles. The number of anilines is 1. The fourth-order valence-corrected chi connectivity index (χ4v) is 2.93. The van der Waals surface area contributed by atoms with Gasteiger partial charge in [0.25, 0.3) is 0 Å². The van der Waals surface area contributed by atoms with Crippen LogP contribution >= 0.6 is 0 Å². The number of amides is 1. The Bertz CT molecular complexity index is 1030. The van der Waals surface area contributed by atoms with E-state index in [1.165, 1.54) is 0 Å². The first-order chi connectivity index (χ1) is 11.7. The second-order valence-electron chi connectivity index (χ2n) is 5.70. The molecule has 0 radical (unpaired) electrons. The third kappa shape index (κ3) is 2.60. The zero-order chi connectivity index (χ0) is 16.5. The predicted octanol–water partition coefficient (Wildman–Crippen LogP) is 3.77. The summed E-state index contributed by atoms with van der Waals surface area (Å²) < 4.78 is 7.16. The number of nitrogens with one attached hydrogen (secondary N) is 2. The first-order valence-electron chi connectivity index (χ1n) is 7.73. The van der Waals surface area contributed by atoms with Crippen LogP contribution in [-0.4, -0.2) is 22.6 Å². The lowest BCUT2D eigenvalue weighted by Crippen LogP contribution is -2.18. The van der Waals surface area contributed by atoms with Gasteiger partial charge in [-0.25, -0.2) is 0 Å². The molecule has 2 N–H and O–H groups in total. The highest BCUT2D eigenvalue weighted by molar-refractivity contribution is 5.94. The molecular formula is C19H17N3O2. The zero-order valence-electron chi connectivity index (χ0n) is 13.2. The molecule has 0 unspecified atom stereocenters. The number of hydrogen-bond donors (Lipinski definition) is 2. The van der Waals surface area contributed by atoms with Crippen LogP contribution in [0.5, 0.6) is 5.75 Å². The van der Waals surface area contributed by atoms with Crippen LogP contribution in [0, 0.1) is 0 Å². The van der Waals surface area contributed by atoms with E-state index in [1.807, 2.05) is 65.5 Å². The maximum atomic E-state index is 12.4. The van der Waals surface area contributed by atoms with Gasteiger partial charge in [0.2, 0.25) is 5.91 Å². The molecule has 0 aliphatic rings. The van der Waals surface area contributed by atoms with E-state index < -0.39 is 0 Å². The number of carbonyl (C=O) groups excluding carboxylic acids is 1. The number of benzene rings is 2. The largest absolute Gasteiger partial charge is 0.497 e. The Kier molecular flexibility index (Phi) is 3.46. The van der Waals surface area contributed by atoms with E-state index in [0.717, 1.165) is 33.2 Å². The molecule has 2 aromatic heterocycles. The summed E-state index contributed by atoms with van der Waals surface area (Å²) in [5.41, 5.74) is 2.86. The number of rotatable bonds is 4. The van der Waals surface area contributed by atoms with E-state index in [9.17, 15) is 4.79 Å². The van der Waals surface area contributed by atoms with Crippen LogP contribution < -0.4 is 10.1 Å². The molecule has 0 saturated heterocycles. The monoisotopic (exact) mass is 319 g/mol. The van der Waals surface area contributed by atoms with Crippen LogP contribution in [-0.2, 0) is 11.3 Å². The van der Waals surface area contributed by atoms with Gasteiger partial charge in [-0.15, -0.1) is 0 Å². The second kappa shape index (κ2) is 5.77. The summed E-state index contributed by atoms with van der Waals surface area (Å²) in [7, 11) is 1.65. The molecule has 0 aliphatic heterocycles. The fraction of sp³-hybridized carbons (Fsp3) is 0.105. The van der Waals surface area contributed by atoms with Crippen molar-refractivity contribution in [2.45, 2.75) is 6.54 Å². The number of carbonyl (C=O) groups is 1. The molecule has 4 aromatic rings. The minimum absolute atomic E-state index is 0.0572. The molecule has 5 heteroatoms. The number of hydrogen-bond acceptors (Lipinski definition) is 2. The Morgan fingerprint density at radius 1 is 1.12 bits per heavy atom. The summed E-state index contributed by atoms with van der Waals surface area (Å²) in [6.07, 6.45) is 3.80. The van der Waals surface area contributed by atoms with E-state index in [2.05, 4.69) is 10.3 Å². The number of H-pyrrole nitrogens is 1. The van der Waals surface area contributed by atoms with Crippen molar-refractivity contribution in [3.8, 4) is 5.75 Å². The van der Waals surface area contributed by atoms with Gasteiger partial charge in [0.1, 0.15) is 12.3 Å². The molecule has 0 atom stereocenters. The van der Waals surface area contributed by atoms with Gasteiger partial charge < -0.3 is 19.6 Å². The summed E-state index contributed by atoms with van der Waals surface area (Å²) in [5.74, 6) is 0.753. The summed E-state index contributed by atoms with van der Waals surface area (Å²) in [6.45, 7) is 0.265. The summed E-state index contributed by atoms with van der Waals surface area (Å²) in [5, 5.41) is 5.08. The minimum Gasteiger partial charge on any atom is -0.497 e. The highest BCUT2D eigenvalue weighted by Gasteiger charge is 2.08. The standard InChI is InChI=1S/C19H17N3O2/c1-24-16-3-5-18-14(11-16)7-9-22(18)12-19(23)21-15-2-4-17-13(10-15)6-8-20-17/h2-11,20H,12H2,1H3,(H,21,23). The first kappa shape index (κ1) is 14.4. The van der Waals surface area contributed by atoms with Crippen molar-refractivity contribution in [1.29, 1.82) is 0 Å². The molecule has 1 amide bonds. The Balaban J connectivity index is 1.53.